The van der Waals surface area contributed by atoms with Gasteiger partial charge in [-0.15, -0.1) is 0 Å². The molecule has 0 bridgehead atoms. The molecular formula is C16H27NO4. The van der Waals surface area contributed by atoms with Gasteiger partial charge in [0.15, 0.2) is 0 Å². The number of likely N-dealkylation sites (tertiary alicyclic amines) is 1. The summed E-state index contributed by atoms with van der Waals surface area (Å²) in [6.45, 7) is 4.98. The van der Waals surface area contributed by atoms with Crippen molar-refractivity contribution in [1.82, 2.24) is 4.90 Å². The molecule has 21 heavy (non-hydrogen) atoms. The zero-order chi connectivity index (χ0) is 15.7. The Labute approximate surface area is 126 Å². The molecule has 0 aromatic carbocycles. The number of nitrogens with zero attached hydrogens (tertiary/aromatic N) is 1. The minimum absolute atomic E-state index is 0.105. The smallest absolute Gasteiger partial charge is 0.313 e. The summed E-state index contributed by atoms with van der Waals surface area (Å²) in [5.41, 5.74) is -1.33. The van der Waals surface area contributed by atoms with Crippen molar-refractivity contribution in [3.63, 3.8) is 0 Å². The number of carbonyl (C=O) groups excluding carboxylic acids is 1. The molecule has 1 saturated heterocycles. The number of hydrogen-bond acceptors (Lipinski definition) is 3. The van der Waals surface area contributed by atoms with Crippen LogP contribution in [0.3, 0.4) is 0 Å². The quantitative estimate of drug-likeness (QED) is 0.844. The Morgan fingerprint density at radius 3 is 2.48 bits per heavy atom. The number of aliphatic carboxylic acids is 1. The number of amides is 1. The van der Waals surface area contributed by atoms with Gasteiger partial charge in [-0.05, 0) is 25.2 Å². The lowest BCUT2D eigenvalue weighted by molar-refractivity contribution is -0.152. The number of carboxylic acid groups (broad SMARTS) is 1. The van der Waals surface area contributed by atoms with Gasteiger partial charge < -0.3 is 14.7 Å². The summed E-state index contributed by atoms with van der Waals surface area (Å²) in [6.07, 6.45) is 5.08. The minimum atomic E-state index is -0.934. The lowest BCUT2D eigenvalue weighted by Crippen LogP contribution is -2.46. The van der Waals surface area contributed by atoms with Gasteiger partial charge in [0.2, 0.25) is 5.91 Å². The van der Waals surface area contributed by atoms with E-state index in [4.69, 9.17) is 4.74 Å². The molecule has 2 aliphatic rings. The number of carbonyl (C=O) groups is 2. The normalized spacial score (nSPS) is 27.3. The Morgan fingerprint density at radius 1 is 1.33 bits per heavy atom. The predicted octanol–water partition coefficient (Wildman–Crippen LogP) is 2.15. The van der Waals surface area contributed by atoms with Gasteiger partial charge >= 0.3 is 5.97 Å². The first kappa shape index (κ1) is 16.3. The Hall–Kier alpha value is -1.10. The van der Waals surface area contributed by atoms with Gasteiger partial charge in [0, 0.05) is 25.6 Å². The predicted molar refractivity (Wildman–Crippen MR) is 78.9 cm³/mol. The van der Waals surface area contributed by atoms with Gasteiger partial charge in [-0.2, -0.15) is 0 Å². The Bertz CT molecular complexity index is 415. The first-order valence-corrected chi connectivity index (χ1v) is 7.85. The summed E-state index contributed by atoms with van der Waals surface area (Å²) in [5.74, 6) is -0.334. The summed E-state index contributed by atoms with van der Waals surface area (Å²) >= 11 is 0. The third kappa shape index (κ3) is 2.93. The molecule has 0 spiro atoms. The summed E-state index contributed by atoms with van der Waals surface area (Å²) in [5, 5.41) is 9.49. The second-order valence-electron chi connectivity index (χ2n) is 7.20. The number of rotatable bonds is 5. The summed E-state index contributed by atoms with van der Waals surface area (Å²) < 4.78 is 5.09. The van der Waals surface area contributed by atoms with Crippen molar-refractivity contribution in [1.29, 1.82) is 0 Å². The average molecular weight is 297 g/mol. The molecule has 1 aliphatic carbocycles. The zero-order valence-electron chi connectivity index (χ0n) is 13.4. The Kier molecular flexibility index (Phi) is 4.61. The molecule has 0 radical (unpaired) electrons. The maximum Gasteiger partial charge on any atom is 0.313 e. The van der Waals surface area contributed by atoms with Crippen molar-refractivity contribution in [2.45, 2.75) is 46.0 Å². The second-order valence-corrected chi connectivity index (χ2v) is 7.20. The first-order valence-electron chi connectivity index (χ1n) is 7.85. The van der Waals surface area contributed by atoms with Crippen molar-refractivity contribution >= 4 is 11.9 Å². The summed E-state index contributed by atoms with van der Waals surface area (Å²) in [4.78, 5) is 26.2. The monoisotopic (exact) mass is 297 g/mol. The number of carboxylic acids is 1. The average Bonchev–Trinajstić information content (AvgIpc) is 3.08. The van der Waals surface area contributed by atoms with Gasteiger partial charge in [-0.25, -0.2) is 0 Å². The van der Waals surface area contributed by atoms with Gasteiger partial charge in [-0.1, -0.05) is 26.7 Å². The molecule has 2 fully saturated rings. The van der Waals surface area contributed by atoms with Crippen molar-refractivity contribution in [2.24, 2.45) is 16.7 Å². The van der Waals surface area contributed by atoms with Crippen molar-refractivity contribution in [3.8, 4) is 0 Å². The van der Waals surface area contributed by atoms with Gasteiger partial charge in [-0.3, -0.25) is 9.59 Å². The number of hydrogen-bond donors (Lipinski definition) is 1. The maximum atomic E-state index is 12.9. The number of ether oxygens (including phenoxy) is 1. The molecule has 1 unspecified atom stereocenters. The fraction of sp³-hybridized carbons (Fsp3) is 0.875. The highest BCUT2D eigenvalue weighted by Crippen LogP contribution is 2.42. The molecule has 0 aromatic rings. The van der Waals surface area contributed by atoms with E-state index in [1.807, 2.05) is 13.8 Å². The molecule has 2 rings (SSSR count). The van der Waals surface area contributed by atoms with E-state index in [-0.39, 0.29) is 19.1 Å². The fourth-order valence-electron chi connectivity index (χ4n) is 3.91. The van der Waals surface area contributed by atoms with E-state index >= 15 is 0 Å². The fourth-order valence-corrected chi connectivity index (χ4v) is 3.91. The third-order valence-corrected chi connectivity index (χ3v) is 5.44. The minimum Gasteiger partial charge on any atom is -0.481 e. The van der Waals surface area contributed by atoms with E-state index in [1.54, 1.807) is 4.90 Å². The van der Waals surface area contributed by atoms with E-state index in [2.05, 4.69) is 0 Å². The molecule has 1 amide bonds. The largest absolute Gasteiger partial charge is 0.481 e. The molecule has 5 heteroatoms. The lowest BCUT2D eigenvalue weighted by Gasteiger charge is -2.35. The van der Waals surface area contributed by atoms with E-state index in [1.165, 1.54) is 20.0 Å². The van der Waals surface area contributed by atoms with Crippen LogP contribution >= 0.6 is 0 Å². The van der Waals surface area contributed by atoms with Crippen LogP contribution in [0.2, 0.25) is 0 Å². The highest BCUT2D eigenvalue weighted by atomic mass is 16.5. The van der Waals surface area contributed by atoms with Crippen molar-refractivity contribution < 1.29 is 19.4 Å². The lowest BCUT2D eigenvalue weighted by atomic mass is 9.76. The SMILES string of the molecule is COCC1(C(=O)O)CCN(C(=O)C(C)(C)C2CCCC2)C1. The van der Waals surface area contributed by atoms with Crippen LogP contribution in [0.1, 0.15) is 46.0 Å². The van der Waals surface area contributed by atoms with Crippen molar-refractivity contribution in [3.05, 3.63) is 0 Å². The molecule has 120 valence electrons. The van der Waals surface area contributed by atoms with Crippen LogP contribution in [0.4, 0.5) is 0 Å². The van der Waals surface area contributed by atoms with Crippen LogP contribution < -0.4 is 0 Å². The van der Waals surface area contributed by atoms with Gasteiger partial charge in [0.05, 0.1) is 6.61 Å². The third-order valence-electron chi connectivity index (χ3n) is 5.44. The highest BCUT2D eigenvalue weighted by molar-refractivity contribution is 5.84. The standard InChI is InChI=1S/C16H27NO4/c1-15(2,12-6-4-5-7-12)13(18)17-9-8-16(10-17,11-21-3)14(19)20/h12H,4-11H2,1-3H3,(H,19,20). The van der Waals surface area contributed by atoms with E-state index < -0.39 is 16.8 Å². The second kappa shape index (κ2) is 5.95. The van der Waals surface area contributed by atoms with Crippen LogP contribution in [-0.4, -0.2) is 48.7 Å². The Balaban J connectivity index is 2.09. The molecule has 1 N–H and O–H groups in total. The molecule has 5 nitrogen and oxygen atoms in total. The molecule has 1 saturated carbocycles. The molecular weight excluding hydrogens is 270 g/mol. The Morgan fingerprint density at radius 2 is 1.95 bits per heavy atom. The van der Waals surface area contributed by atoms with E-state index in [0.717, 1.165) is 12.8 Å². The molecule has 0 aromatic heterocycles. The number of methoxy groups -OCH3 is 1. The maximum absolute atomic E-state index is 12.9. The summed E-state index contributed by atoms with van der Waals surface area (Å²) in [7, 11) is 1.51. The van der Waals surface area contributed by atoms with E-state index in [9.17, 15) is 14.7 Å². The van der Waals surface area contributed by atoms with Crippen LogP contribution in [0.5, 0.6) is 0 Å². The van der Waals surface area contributed by atoms with E-state index in [0.29, 0.717) is 18.9 Å². The molecule has 1 aliphatic heterocycles. The van der Waals surface area contributed by atoms with Crippen LogP contribution in [-0.2, 0) is 14.3 Å². The molecule has 1 heterocycles. The zero-order valence-corrected chi connectivity index (χ0v) is 13.4. The van der Waals surface area contributed by atoms with Gasteiger partial charge in [0.1, 0.15) is 5.41 Å². The van der Waals surface area contributed by atoms with Gasteiger partial charge in [0.25, 0.3) is 0 Å². The molecule has 1 atom stereocenters. The first-order chi connectivity index (χ1) is 9.83. The summed E-state index contributed by atoms with van der Waals surface area (Å²) in [6, 6.07) is 0. The van der Waals surface area contributed by atoms with Crippen LogP contribution in [0.25, 0.3) is 0 Å². The highest BCUT2D eigenvalue weighted by Gasteiger charge is 2.49. The van der Waals surface area contributed by atoms with Crippen LogP contribution in [0, 0.1) is 16.7 Å². The van der Waals surface area contributed by atoms with Crippen molar-refractivity contribution in [2.75, 3.05) is 26.8 Å². The van der Waals surface area contributed by atoms with Crippen LogP contribution in [0.15, 0.2) is 0 Å². The topological polar surface area (TPSA) is 66.8 Å².